The van der Waals surface area contributed by atoms with E-state index < -0.39 is 12.6 Å². The van der Waals surface area contributed by atoms with Gasteiger partial charge in [-0.05, 0) is 54.8 Å². The third-order valence-electron chi connectivity index (χ3n) is 4.11. The molecular weight excluding hydrogens is 386 g/mol. The second kappa shape index (κ2) is 8.93. The number of ether oxygens (including phenoxy) is 1. The first-order valence-electron chi connectivity index (χ1n) is 8.49. The summed E-state index contributed by atoms with van der Waals surface area (Å²) in [5.41, 5.74) is 2.95. The van der Waals surface area contributed by atoms with Crippen LogP contribution in [-0.4, -0.2) is 17.7 Å². The molecule has 3 rings (SSSR count). The van der Waals surface area contributed by atoms with Crippen LogP contribution in [0.25, 0.3) is 0 Å². The quantitative estimate of drug-likeness (QED) is 0.483. The predicted molar refractivity (Wildman–Crippen MR) is 102 cm³/mol. The van der Waals surface area contributed by atoms with Gasteiger partial charge in [-0.3, -0.25) is 0 Å². The lowest BCUT2D eigenvalue weighted by Gasteiger charge is -2.07. The second-order valence-electron chi connectivity index (χ2n) is 6.13. The highest BCUT2D eigenvalue weighted by molar-refractivity contribution is 7.98. The van der Waals surface area contributed by atoms with Crippen molar-refractivity contribution in [2.24, 2.45) is 0 Å². The number of rotatable bonds is 8. The number of halogens is 2. The molecule has 4 nitrogen and oxygen atoms in total. The Bertz CT molecular complexity index is 934. The number of aromatic carboxylic acids is 1. The molecular formula is C21H18F2O4S. The van der Waals surface area contributed by atoms with Crippen molar-refractivity contribution < 1.29 is 27.8 Å². The van der Waals surface area contributed by atoms with Crippen LogP contribution < -0.4 is 4.74 Å². The summed E-state index contributed by atoms with van der Waals surface area (Å²) < 4.78 is 33.9. The minimum Gasteiger partial charge on any atom is -0.475 e. The van der Waals surface area contributed by atoms with Gasteiger partial charge in [-0.25, -0.2) is 4.79 Å². The van der Waals surface area contributed by atoms with Gasteiger partial charge >= 0.3 is 12.6 Å². The molecule has 28 heavy (non-hydrogen) atoms. The number of furan rings is 1. The fourth-order valence-corrected chi connectivity index (χ4v) is 3.59. The Labute approximate surface area is 165 Å². The molecule has 3 aromatic rings. The summed E-state index contributed by atoms with van der Waals surface area (Å²) in [5.74, 6) is 0.255. The lowest BCUT2D eigenvalue weighted by Crippen LogP contribution is -2.01. The molecule has 0 saturated carbocycles. The molecule has 146 valence electrons. The molecule has 0 aliphatic rings. The zero-order valence-electron chi connectivity index (χ0n) is 15.0. The molecule has 0 amide bonds. The minimum atomic E-state index is -2.82. The summed E-state index contributed by atoms with van der Waals surface area (Å²) in [7, 11) is 0. The van der Waals surface area contributed by atoms with E-state index in [0.717, 1.165) is 21.6 Å². The summed E-state index contributed by atoms with van der Waals surface area (Å²) in [5, 5.41) is 8.97. The maximum atomic E-state index is 12.2. The molecule has 1 aromatic heterocycles. The van der Waals surface area contributed by atoms with Gasteiger partial charge < -0.3 is 14.3 Å². The highest BCUT2D eigenvalue weighted by atomic mass is 32.2. The standard InChI is InChI=1S/C21H18F2O4S/c1-13-16(11-19(26-13)20(24)25)12-28-18-8-4-15(5-9-18)10-14-2-6-17(7-3-14)27-21(22)23/h2-9,11,21H,10,12H2,1H3,(H,24,25). The first-order valence-corrected chi connectivity index (χ1v) is 9.47. The Balaban J connectivity index is 1.57. The summed E-state index contributed by atoms with van der Waals surface area (Å²) in [4.78, 5) is 12.0. The number of thioether (sulfide) groups is 1. The zero-order valence-corrected chi connectivity index (χ0v) is 15.8. The van der Waals surface area contributed by atoms with Crippen LogP contribution in [0.3, 0.4) is 0 Å². The van der Waals surface area contributed by atoms with Crippen molar-refractivity contribution in [3.8, 4) is 5.75 Å². The van der Waals surface area contributed by atoms with Crippen LogP contribution in [0.4, 0.5) is 8.78 Å². The second-order valence-corrected chi connectivity index (χ2v) is 7.18. The van der Waals surface area contributed by atoms with Crippen LogP contribution >= 0.6 is 11.8 Å². The van der Waals surface area contributed by atoms with Crippen LogP contribution in [0.2, 0.25) is 0 Å². The van der Waals surface area contributed by atoms with Crippen LogP contribution in [0.15, 0.2) is 63.9 Å². The van der Waals surface area contributed by atoms with E-state index >= 15 is 0 Å². The summed E-state index contributed by atoms with van der Waals surface area (Å²) >= 11 is 1.59. The van der Waals surface area contributed by atoms with E-state index in [1.165, 1.54) is 12.1 Å². The van der Waals surface area contributed by atoms with E-state index in [4.69, 9.17) is 9.52 Å². The fraction of sp³-hybridized carbons (Fsp3) is 0.190. The number of alkyl halides is 2. The summed E-state index contributed by atoms with van der Waals surface area (Å²) in [6.07, 6.45) is 0.683. The molecule has 7 heteroatoms. The van der Waals surface area contributed by atoms with Crippen molar-refractivity contribution in [1.29, 1.82) is 0 Å². The lowest BCUT2D eigenvalue weighted by atomic mass is 10.1. The van der Waals surface area contributed by atoms with Gasteiger partial charge in [0, 0.05) is 16.2 Å². The van der Waals surface area contributed by atoms with Crippen molar-refractivity contribution in [3.05, 3.63) is 82.8 Å². The Morgan fingerprint density at radius 2 is 1.71 bits per heavy atom. The third-order valence-corrected chi connectivity index (χ3v) is 5.17. The lowest BCUT2D eigenvalue weighted by molar-refractivity contribution is -0.0498. The number of carboxylic acids is 1. The van der Waals surface area contributed by atoms with Crippen LogP contribution in [0.1, 0.15) is 33.0 Å². The monoisotopic (exact) mass is 404 g/mol. The van der Waals surface area contributed by atoms with Gasteiger partial charge in [-0.15, -0.1) is 11.8 Å². The van der Waals surface area contributed by atoms with E-state index in [9.17, 15) is 13.6 Å². The molecule has 1 N–H and O–H groups in total. The molecule has 0 bridgehead atoms. The molecule has 2 aromatic carbocycles. The average molecular weight is 404 g/mol. The fourth-order valence-electron chi connectivity index (χ4n) is 2.66. The summed E-state index contributed by atoms with van der Waals surface area (Å²) in [6, 6.07) is 16.2. The molecule has 0 unspecified atom stereocenters. The Morgan fingerprint density at radius 1 is 1.11 bits per heavy atom. The third kappa shape index (κ3) is 5.36. The number of benzene rings is 2. The van der Waals surface area contributed by atoms with Crippen molar-refractivity contribution in [2.75, 3.05) is 0 Å². The molecule has 0 spiro atoms. The van der Waals surface area contributed by atoms with Gasteiger partial charge in [0.15, 0.2) is 0 Å². The van der Waals surface area contributed by atoms with E-state index in [-0.39, 0.29) is 11.5 Å². The van der Waals surface area contributed by atoms with Gasteiger partial charge in [-0.1, -0.05) is 24.3 Å². The smallest absolute Gasteiger partial charge is 0.387 e. The van der Waals surface area contributed by atoms with Gasteiger partial charge in [0.1, 0.15) is 11.5 Å². The van der Waals surface area contributed by atoms with Gasteiger partial charge in [0.2, 0.25) is 5.76 Å². The molecule has 0 fully saturated rings. The SMILES string of the molecule is Cc1oc(C(=O)O)cc1CSc1ccc(Cc2ccc(OC(F)F)cc2)cc1. The Morgan fingerprint density at radius 3 is 2.25 bits per heavy atom. The zero-order chi connectivity index (χ0) is 20.1. The number of carboxylic acid groups (broad SMARTS) is 1. The highest BCUT2D eigenvalue weighted by Crippen LogP contribution is 2.27. The van der Waals surface area contributed by atoms with Crippen molar-refractivity contribution >= 4 is 17.7 Å². The average Bonchev–Trinajstić information content (AvgIpc) is 3.03. The number of hydrogen-bond donors (Lipinski definition) is 1. The van der Waals surface area contributed by atoms with Crippen LogP contribution in [0, 0.1) is 6.92 Å². The van der Waals surface area contributed by atoms with Gasteiger partial charge in [0.05, 0.1) is 0 Å². The van der Waals surface area contributed by atoms with Gasteiger partial charge in [-0.2, -0.15) is 8.78 Å². The van der Waals surface area contributed by atoms with E-state index in [2.05, 4.69) is 4.74 Å². The van der Waals surface area contributed by atoms with Crippen molar-refractivity contribution in [2.45, 2.75) is 30.6 Å². The molecule has 0 aliphatic carbocycles. The van der Waals surface area contributed by atoms with Crippen LogP contribution in [0.5, 0.6) is 5.75 Å². The van der Waals surface area contributed by atoms with E-state index in [1.807, 2.05) is 24.3 Å². The first-order chi connectivity index (χ1) is 13.4. The highest BCUT2D eigenvalue weighted by Gasteiger charge is 2.13. The molecule has 0 aliphatic heterocycles. The molecule has 0 saturated heterocycles. The van der Waals surface area contributed by atoms with Gasteiger partial charge in [0.25, 0.3) is 0 Å². The first kappa shape index (κ1) is 19.9. The van der Waals surface area contributed by atoms with Crippen molar-refractivity contribution in [3.63, 3.8) is 0 Å². The maximum Gasteiger partial charge on any atom is 0.387 e. The van der Waals surface area contributed by atoms with Crippen LogP contribution in [-0.2, 0) is 12.2 Å². The van der Waals surface area contributed by atoms with Crippen molar-refractivity contribution in [1.82, 2.24) is 0 Å². The predicted octanol–water partition coefficient (Wildman–Crippen LogP) is 5.77. The minimum absolute atomic E-state index is 0.0478. The number of hydrogen-bond acceptors (Lipinski definition) is 4. The Kier molecular flexibility index (Phi) is 6.36. The number of carbonyl (C=O) groups is 1. The number of aryl methyl sites for hydroxylation is 1. The topological polar surface area (TPSA) is 59.7 Å². The summed E-state index contributed by atoms with van der Waals surface area (Å²) in [6.45, 7) is -1.07. The molecule has 0 radical (unpaired) electrons. The normalized spacial score (nSPS) is 11.0. The molecule has 0 atom stereocenters. The maximum absolute atomic E-state index is 12.2. The largest absolute Gasteiger partial charge is 0.475 e. The molecule has 1 heterocycles. The van der Waals surface area contributed by atoms with E-state index in [0.29, 0.717) is 17.9 Å². The Hall–Kier alpha value is -2.80. The van der Waals surface area contributed by atoms with E-state index in [1.54, 1.807) is 36.9 Å².